The summed E-state index contributed by atoms with van der Waals surface area (Å²) in [6.07, 6.45) is 6.53. The van der Waals surface area contributed by atoms with Gasteiger partial charge in [0.25, 0.3) is 0 Å². The van der Waals surface area contributed by atoms with E-state index < -0.39 is 29.8 Å². The number of Topliss-reactive ketones (excluding diaryl/α,β-unsaturated/α-hetero) is 1. The largest absolute Gasteiger partial charge is 0.458 e. The molecule has 6 aliphatic rings. The van der Waals surface area contributed by atoms with E-state index in [-0.39, 0.29) is 46.7 Å². The van der Waals surface area contributed by atoms with Crippen LogP contribution in [0.2, 0.25) is 0 Å². The van der Waals surface area contributed by atoms with Crippen molar-refractivity contribution in [3.8, 4) is 0 Å². The van der Waals surface area contributed by atoms with Gasteiger partial charge in [0, 0.05) is 18.2 Å². The number of fused-ring (bicyclic) bond motifs is 4. The lowest BCUT2D eigenvalue weighted by atomic mass is 9.44. The molecule has 5 nitrogen and oxygen atoms in total. The van der Waals surface area contributed by atoms with E-state index >= 15 is 4.39 Å². The molecule has 0 amide bonds. The molecule has 2 aliphatic heterocycles. The van der Waals surface area contributed by atoms with Gasteiger partial charge in [-0.05, 0) is 99.2 Å². The van der Waals surface area contributed by atoms with E-state index in [1.165, 1.54) is 6.08 Å². The van der Waals surface area contributed by atoms with Gasteiger partial charge < -0.3 is 9.47 Å². The van der Waals surface area contributed by atoms with E-state index in [0.717, 1.165) is 37.7 Å². The number of alkyl halides is 2. The van der Waals surface area contributed by atoms with Crippen LogP contribution in [0.3, 0.4) is 0 Å². The summed E-state index contributed by atoms with van der Waals surface area (Å²) in [5.41, 5.74) is -0.0728. The third-order valence-corrected chi connectivity index (χ3v) is 12.6. The molecule has 1 spiro atoms. The molecular weight excluding hydrogens is 512 g/mol. The van der Waals surface area contributed by atoms with E-state index in [9.17, 15) is 14.0 Å². The molecule has 1 aromatic rings. The van der Waals surface area contributed by atoms with Gasteiger partial charge in [-0.1, -0.05) is 25.5 Å². The van der Waals surface area contributed by atoms with Crippen molar-refractivity contribution in [1.29, 1.82) is 0 Å². The first-order valence-corrected chi connectivity index (χ1v) is 15.0. The van der Waals surface area contributed by atoms with Crippen LogP contribution >= 0.6 is 0 Å². The maximum absolute atomic E-state index is 16.0. The zero-order chi connectivity index (χ0) is 28.2. The lowest BCUT2D eigenvalue weighted by Crippen LogP contribution is -2.63. The Hall–Kier alpha value is -2.41. The van der Waals surface area contributed by atoms with Crippen LogP contribution in [0.1, 0.15) is 71.9 Å². The number of carbonyl (C=O) groups excluding carboxylic acids is 2. The number of aromatic nitrogens is 1. The van der Waals surface area contributed by atoms with Crippen LogP contribution < -0.4 is 0 Å². The van der Waals surface area contributed by atoms with Crippen LogP contribution in [-0.2, 0) is 19.1 Å². The van der Waals surface area contributed by atoms with Gasteiger partial charge in [0.05, 0.1) is 22.8 Å². The number of ketones is 1. The highest BCUT2D eigenvalue weighted by molar-refractivity contribution is 6.24. The summed E-state index contributed by atoms with van der Waals surface area (Å²) >= 11 is 0. The molecule has 3 saturated carbocycles. The highest BCUT2D eigenvalue weighted by atomic mass is 19.1. The minimum Gasteiger partial charge on any atom is -0.458 e. The Bertz CT molecular complexity index is 1330. The van der Waals surface area contributed by atoms with Gasteiger partial charge in [0.15, 0.2) is 12.0 Å². The molecule has 0 bridgehead atoms. The fraction of sp³-hybridized carbons (Fsp3) is 0.667. The molecule has 11 atom stereocenters. The highest BCUT2D eigenvalue weighted by Crippen LogP contribution is 2.74. The van der Waals surface area contributed by atoms with Crippen molar-refractivity contribution in [2.24, 2.45) is 40.4 Å². The van der Waals surface area contributed by atoms with E-state index in [0.29, 0.717) is 29.5 Å². The molecule has 1 aromatic heterocycles. The zero-order valence-electron chi connectivity index (χ0n) is 23.8. The topological polar surface area (TPSA) is 68.8 Å². The van der Waals surface area contributed by atoms with Gasteiger partial charge >= 0.3 is 5.97 Å². The van der Waals surface area contributed by atoms with E-state index in [1.807, 2.05) is 19.9 Å². The summed E-state index contributed by atoms with van der Waals surface area (Å²) in [7, 11) is 0. The third kappa shape index (κ3) is 3.24. The minimum absolute atomic E-state index is 0.0242. The number of allylic oxidation sites excluding steroid dienone is 1. The number of pyridine rings is 1. The molecule has 40 heavy (non-hydrogen) atoms. The predicted molar refractivity (Wildman–Crippen MR) is 145 cm³/mol. The van der Waals surface area contributed by atoms with Crippen molar-refractivity contribution >= 4 is 17.3 Å². The standard InChI is InChI=1S/C33H39F2NO4/c1-17-13-26(39-30(38)21(17)16-34)18(2)22-8-9-23-19-15-28-33(40-28)27(35)14-20(25-7-5-6-12-36-25)29(37)32(33,4)24(19)10-11-31(22,23)3/h5-7,12,14,18-19,22-24,26-28H,8-11,13,15-16H2,1-4H3/t18-,19-,22+,23-,24-,26?,27+,28+,31+,32-,33+/m0/s1. The minimum atomic E-state index is -1.34. The van der Waals surface area contributed by atoms with Crippen LogP contribution in [0.5, 0.6) is 0 Å². The van der Waals surface area contributed by atoms with Crippen LogP contribution in [0.4, 0.5) is 8.78 Å². The Morgan fingerprint density at radius 1 is 1.15 bits per heavy atom. The number of epoxide rings is 1. The summed E-state index contributed by atoms with van der Waals surface area (Å²) in [6, 6.07) is 5.42. The normalized spacial score (nSPS) is 46.5. The molecule has 7 heteroatoms. The Labute approximate surface area is 234 Å². The highest BCUT2D eigenvalue weighted by Gasteiger charge is 2.81. The molecular formula is C33H39F2NO4. The average molecular weight is 552 g/mol. The van der Waals surface area contributed by atoms with Gasteiger partial charge in [-0.25, -0.2) is 13.6 Å². The van der Waals surface area contributed by atoms with Crippen LogP contribution in [0, 0.1) is 40.4 Å². The second-order valence-corrected chi connectivity index (χ2v) is 13.9. The Balaban J connectivity index is 1.18. The molecule has 0 radical (unpaired) electrons. The molecule has 0 aromatic carbocycles. The molecule has 214 valence electrons. The first-order chi connectivity index (χ1) is 19.1. The number of hydrogen-bond acceptors (Lipinski definition) is 5. The molecule has 3 heterocycles. The van der Waals surface area contributed by atoms with Crippen LogP contribution in [0.15, 0.2) is 41.6 Å². The van der Waals surface area contributed by atoms with Crippen molar-refractivity contribution in [3.05, 3.63) is 47.3 Å². The Morgan fingerprint density at radius 2 is 1.95 bits per heavy atom. The Kier molecular flexibility index (Phi) is 5.82. The number of hydrogen-bond donors (Lipinski definition) is 0. The van der Waals surface area contributed by atoms with Gasteiger partial charge in [-0.15, -0.1) is 0 Å². The maximum atomic E-state index is 16.0. The summed E-state index contributed by atoms with van der Waals surface area (Å²) in [5, 5.41) is 0. The van der Waals surface area contributed by atoms with E-state index in [2.05, 4.69) is 18.8 Å². The van der Waals surface area contributed by atoms with Crippen LogP contribution in [-0.4, -0.2) is 47.4 Å². The third-order valence-electron chi connectivity index (χ3n) is 12.6. The molecule has 4 fully saturated rings. The fourth-order valence-electron chi connectivity index (χ4n) is 10.5. The average Bonchev–Trinajstić information content (AvgIpc) is 3.58. The number of carbonyl (C=O) groups is 2. The molecule has 1 saturated heterocycles. The number of rotatable bonds is 4. The van der Waals surface area contributed by atoms with Crippen molar-refractivity contribution in [3.63, 3.8) is 0 Å². The fourth-order valence-corrected chi connectivity index (χ4v) is 10.5. The Morgan fingerprint density at radius 3 is 2.65 bits per heavy atom. The van der Waals surface area contributed by atoms with Crippen molar-refractivity contribution in [2.75, 3.05) is 6.67 Å². The smallest absolute Gasteiger partial charge is 0.336 e. The number of ether oxygens (including phenoxy) is 2. The summed E-state index contributed by atoms with van der Waals surface area (Å²) in [5.74, 6) is 0.676. The molecule has 0 N–H and O–H groups in total. The van der Waals surface area contributed by atoms with Crippen molar-refractivity contribution < 1.29 is 27.8 Å². The quantitative estimate of drug-likeness (QED) is 0.328. The predicted octanol–water partition coefficient (Wildman–Crippen LogP) is 6.23. The lowest BCUT2D eigenvalue weighted by Gasteiger charge is -2.58. The number of esters is 1. The monoisotopic (exact) mass is 551 g/mol. The second kappa shape index (κ2) is 8.80. The first-order valence-electron chi connectivity index (χ1n) is 15.0. The number of halogens is 2. The number of cyclic esters (lactones) is 1. The van der Waals surface area contributed by atoms with Crippen molar-refractivity contribution in [1.82, 2.24) is 4.98 Å². The SMILES string of the molecule is CC1=C(CF)C(=O)OC([C@@H](C)[C@H]2CC[C@H]3[C@@H]4C[C@H]5O[C@]56[C@H](F)C=C(c5ccccn5)C(=O)[C@]6(C)[C@H]4CC[C@]23C)C1. The molecule has 1 unspecified atom stereocenters. The van der Waals surface area contributed by atoms with Gasteiger partial charge in [-0.3, -0.25) is 9.78 Å². The van der Waals surface area contributed by atoms with Gasteiger partial charge in [0.1, 0.15) is 18.4 Å². The van der Waals surface area contributed by atoms with Crippen molar-refractivity contribution in [2.45, 2.75) is 90.2 Å². The zero-order valence-corrected chi connectivity index (χ0v) is 23.8. The first kappa shape index (κ1) is 26.5. The summed E-state index contributed by atoms with van der Waals surface area (Å²) in [6.45, 7) is 7.62. The summed E-state index contributed by atoms with van der Waals surface area (Å²) < 4.78 is 41.5. The lowest BCUT2D eigenvalue weighted by molar-refractivity contribution is -0.154. The maximum Gasteiger partial charge on any atom is 0.336 e. The molecule has 7 rings (SSSR count). The van der Waals surface area contributed by atoms with Gasteiger partial charge in [-0.2, -0.15) is 0 Å². The molecule has 4 aliphatic carbocycles. The van der Waals surface area contributed by atoms with E-state index in [1.54, 1.807) is 18.3 Å². The van der Waals surface area contributed by atoms with E-state index in [4.69, 9.17) is 9.47 Å². The summed E-state index contributed by atoms with van der Waals surface area (Å²) in [4.78, 5) is 31.2. The van der Waals surface area contributed by atoms with Crippen LogP contribution in [0.25, 0.3) is 5.57 Å². The number of nitrogens with zero attached hydrogens (tertiary/aromatic N) is 1. The van der Waals surface area contributed by atoms with Gasteiger partial charge in [0.2, 0.25) is 0 Å². The second-order valence-electron chi connectivity index (χ2n) is 13.9.